The normalized spacial score (nSPS) is 16.1. The molecule has 2 aliphatic heterocycles. The van der Waals surface area contributed by atoms with Gasteiger partial charge < -0.3 is 0 Å². The summed E-state index contributed by atoms with van der Waals surface area (Å²) in [6, 6.07) is 6.17. The van der Waals surface area contributed by atoms with Gasteiger partial charge in [0, 0.05) is 39.6 Å². The smallest absolute Gasteiger partial charge is 0.261 e. The summed E-state index contributed by atoms with van der Waals surface area (Å²) in [6.07, 6.45) is 0.660. The predicted molar refractivity (Wildman–Crippen MR) is 81.4 cm³/mol. The molecule has 0 fully saturated rings. The first-order valence-electron chi connectivity index (χ1n) is 7.36. The average Bonchev–Trinajstić information content (AvgIpc) is 2.54. The highest BCUT2D eigenvalue weighted by molar-refractivity contribution is 6.33. The third-order valence-corrected chi connectivity index (χ3v) is 4.28. The van der Waals surface area contributed by atoms with Gasteiger partial charge in [-0.3, -0.25) is 29.4 Å². The Hall–Kier alpha value is -3.02. The van der Waals surface area contributed by atoms with Gasteiger partial charge in [-0.05, 0) is 30.7 Å². The first kappa shape index (κ1) is 13.6. The summed E-state index contributed by atoms with van der Waals surface area (Å²) in [5.41, 5.74) is 1.33. The molecule has 23 heavy (non-hydrogen) atoms. The Labute approximate surface area is 131 Å². The molecule has 2 aliphatic rings. The fraction of sp³-hybridized carbons (Fsp3) is 0.176. The second-order valence-electron chi connectivity index (χ2n) is 5.62. The van der Waals surface area contributed by atoms with E-state index >= 15 is 0 Å². The van der Waals surface area contributed by atoms with Crippen LogP contribution in [0, 0.1) is 0 Å². The molecule has 6 nitrogen and oxygen atoms in total. The molecule has 0 spiro atoms. The number of carbonyl (C=O) groups excluding carboxylic acids is 4. The van der Waals surface area contributed by atoms with Gasteiger partial charge in [-0.15, -0.1) is 0 Å². The number of hydrogen-bond donors (Lipinski definition) is 1. The van der Waals surface area contributed by atoms with Crippen LogP contribution in [-0.2, 0) is 0 Å². The van der Waals surface area contributed by atoms with Gasteiger partial charge in [0.25, 0.3) is 23.6 Å². The van der Waals surface area contributed by atoms with Crippen molar-refractivity contribution in [1.82, 2.24) is 10.2 Å². The number of hydrogen-bond acceptors (Lipinski definition) is 4. The summed E-state index contributed by atoms with van der Waals surface area (Å²) < 4.78 is 0. The number of imide groups is 2. The number of carbonyl (C=O) groups is 4. The monoisotopic (exact) mass is 308 g/mol. The van der Waals surface area contributed by atoms with Gasteiger partial charge in [-0.25, -0.2) is 0 Å². The summed E-state index contributed by atoms with van der Waals surface area (Å²) in [5.74, 6) is -1.79. The summed E-state index contributed by atoms with van der Waals surface area (Å²) in [7, 11) is 0. The van der Waals surface area contributed by atoms with Gasteiger partial charge in [-0.1, -0.05) is 6.92 Å². The highest BCUT2D eigenvalue weighted by Gasteiger charge is 2.36. The maximum atomic E-state index is 12.6. The summed E-state index contributed by atoms with van der Waals surface area (Å²) >= 11 is 0. The molecule has 2 heterocycles. The van der Waals surface area contributed by atoms with Gasteiger partial charge in [-0.2, -0.15) is 0 Å². The van der Waals surface area contributed by atoms with E-state index in [1.165, 1.54) is 17.0 Å². The molecule has 4 rings (SSSR count). The minimum absolute atomic E-state index is 0.310. The van der Waals surface area contributed by atoms with Crippen molar-refractivity contribution in [3.8, 4) is 0 Å². The lowest BCUT2D eigenvalue weighted by Crippen LogP contribution is -2.42. The zero-order valence-corrected chi connectivity index (χ0v) is 12.3. The van der Waals surface area contributed by atoms with E-state index in [9.17, 15) is 19.2 Å². The fourth-order valence-corrected chi connectivity index (χ4v) is 3.28. The van der Waals surface area contributed by atoms with Gasteiger partial charge in [0.15, 0.2) is 0 Å². The second kappa shape index (κ2) is 4.49. The minimum atomic E-state index is -0.512. The Morgan fingerprint density at radius 2 is 1.22 bits per heavy atom. The Bertz CT molecular complexity index is 876. The lowest BCUT2D eigenvalue weighted by atomic mass is 9.86. The van der Waals surface area contributed by atoms with Crippen LogP contribution in [0.5, 0.6) is 0 Å². The molecule has 0 unspecified atom stereocenters. The van der Waals surface area contributed by atoms with Crippen molar-refractivity contribution < 1.29 is 19.2 Å². The fourth-order valence-electron chi connectivity index (χ4n) is 3.28. The largest absolute Gasteiger partial charge is 0.288 e. The summed E-state index contributed by atoms with van der Waals surface area (Å²) in [4.78, 5) is 50.5. The Morgan fingerprint density at radius 1 is 0.783 bits per heavy atom. The van der Waals surface area contributed by atoms with E-state index in [1.807, 2.05) is 6.92 Å². The molecule has 4 amide bonds. The van der Waals surface area contributed by atoms with Crippen LogP contribution in [0.15, 0.2) is 24.3 Å². The highest BCUT2D eigenvalue weighted by Crippen LogP contribution is 2.35. The van der Waals surface area contributed by atoms with Crippen LogP contribution in [0.1, 0.15) is 54.8 Å². The number of nitrogens with one attached hydrogen (secondary N) is 1. The van der Waals surface area contributed by atoms with Gasteiger partial charge >= 0.3 is 0 Å². The maximum absolute atomic E-state index is 12.6. The minimum Gasteiger partial charge on any atom is -0.288 e. The predicted octanol–water partition coefficient (Wildman–Crippen LogP) is 1.73. The number of nitrogens with zero attached hydrogens (tertiary/aromatic N) is 1. The molecule has 1 N–H and O–H groups in total. The van der Waals surface area contributed by atoms with E-state index in [0.717, 1.165) is 0 Å². The van der Waals surface area contributed by atoms with Gasteiger partial charge in [0.1, 0.15) is 0 Å². The number of benzene rings is 2. The van der Waals surface area contributed by atoms with Crippen molar-refractivity contribution in [2.24, 2.45) is 0 Å². The van der Waals surface area contributed by atoms with E-state index in [4.69, 9.17) is 0 Å². The van der Waals surface area contributed by atoms with Crippen molar-refractivity contribution in [3.63, 3.8) is 0 Å². The van der Waals surface area contributed by atoms with E-state index in [2.05, 4.69) is 5.32 Å². The molecule has 0 aliphatic carbocycles. The van der Waals surface area contributed by atoms with Crippen LogP contribution in [0.4, 0.5) is 0 Å². The molecular formula is C17H12N2O4. The van der Waals surface area contributed by atoms with Crippen LogP contribution in [0.3, 0.4) is 0 Å². The van der Waals surface area contributed by atoms with Crippen LogP contribution in [-0.4, -0.2) is 35.1 Å². The Kier molecular flexibility index (Phi) is 2.66. The van der Waals surface area contributed by atoms with E-state index in [0.29, 0.717) is 46.0 Å². The summed E-state index contributed by atoms with van der Waals surface area (Å²) in [5, 5.41) is 3.07. The van der Waals surface area contributed by atoms with Crippen molar-refractivity contribution in [2.75, 3.05) is 6.54 Å². The van der Waals surface area contributed by atoms with Gasteiger partial charge in [0.05, 0.1) is 0 Å². The topological polar surface area (TPSA) is 83.6 Å². The molecule has 0 aromatic heterocycles. The SMILES string of the molecule is CCCN1C(=O)c2ccc3c4c(ccc(c24)C1=O)C(=O)NC3=O. The van der Waals surface area contributed by atoms with Gasteiger partial charge in [0.2, 0.25) is 0 Å². The Morgan fingerprint density at radius 3 is 1.70 bits per heavy atom. The zero-order valence-electron chi connectivity index (χ0n) is 12.3. The standard InChI is InChI=1S/C17H12N2O4/c1-2-7-19-16(22)10-5-3-8-12-9(15(21)18-14(8)20)4-6-11(13(10)12)17(19)23/h3-6H,2,7H2,1H3,(H,18,20,21). The molecule has 0 saturated carbocycles. The van der Waals surface area contributed by atoms with Crippen LogP contribution >= 0.6 is 0 Å². The first-order valence-corrected chi connectivity index (χ1v) is 7.36. The molecule has 0 atom stereocenters. The Balaban J connectivity index is 2.12. The summed E-state index contributed by atoms with van der Waals surface area (Å²) in [6.45, 7) is 2.22. The van der Waals surface area contributed by atoms with Crippen molar-refractivity contribution in [1.29, 1.82) is 0 Å². The van der Waals surface area contributed by atoms with E-state index in [1.54, 1.807) is 12.1 Å². The van der Waals surface area contributed by atoms with Crippen molar-refractivity contribution in [3.05, 3.63) is 46.5 Å². The first-order chi connectivity index (χ1) is 11.0. The average molecular weight is 308 g/mol. The van der Waals surface area contributed by atoms with Crippen LogP contribution in [0.2, 0.25) is 0 Å². The number of rotatable bonds is 2. The van der Waals surface area contributed by atoms with Crippen LogP contribution in [0.25, 0.3) is 10.8 Å². The third-order valence-electron chi connectivity index (χ3n) is 4.28. The number of amides is 4. The third kappa shape index (κ3) is 1.63. The van der Waals surface area contributed by atoms with Crippen LogP contribution < -0.4 is 5.32 Å². The molecular weight excluding hydrogens is 296 g/mol. The van der Waals surface area contributed by atoms with Crippen molar-refractivity contribution >= 4 is 34.4 Å². The quantitative estimate of drug-likeness (QED) is 0.856. The molecule has 0 saturated heterocycles. The molecule has 6 heteroatoms. The lowest BCUT2D eigenvalue weighted by Gasteiger charge is -2.29. The maximum Gasteiger partial charge on any atom is 0.261 e. The molecule has 0 bridgehead atoms. The zero-order chi connectivity index (χ0) is 16.3. The molecule has 114 valence electrons. The lowest BCUT2D eigenvalue weighted by molar-refractivity contribution is 0.0609. The molecule has 2 aromatic rings. The molecule has 2 aromatic carbocycles. The second-order valence-corrected chi connectivity index (χ2v) is 5.62. The van der Waals surface area contributed by atoms with E-state index < -0.39 is 11.8 Å². The van der Waals surface area contributed by atoms with Crippen molar-refractivity contribution in [2.45, 2.75) is 13.3 Å². The molecule has 0 radical (unpaired) electrons. The highest BCUT2D eigenvalue weighted by atomic mass is 16.2. The van der Waals surface area contributed by atoms with E-state index in [-0.39, 0.29) is 11.8 Å².